The van der Waals surface area contributed by atoms with Crippen molar-refractivity contribution >= 4 is 35.2 Å². The van der Waals surface area contributed by atoms with Crippen molar-refractivity contribution in [3.8, 4) is 0 Å². The van der Waals surface area contributed by atoms with Crippen LogP contribution in [0.3, 0.4) is 0 Å². The molecule has 4 atom stereocenters. The third kappa shape index (κ3) is 5.53. The molecule has 30 heavy (non-hydrogen) atoms. The van der Waals surface area contributed by atoms with Crippen molar-refractivity contribution in [3.05, 3.63) is 45.5 Å². The van der Waals surface area contributed by atoms with Crippen LogP contribution in [-0.4, -0.2) is 64.9 Å². The topological polar surface area (TPSA) is 181 Å². The Morgan fingerprint density at radius 3 is 1.60 bits per heavy atom. The van der Waals surface area contributed by atoms with E-state index in [9.17, 15) is 9.59 Å². The Morgan fingerprint density at radius 1 is 0.900 bits per heavy atom. The van der Waals surface area contributed by atoms with Crippen molar-refractivity contribution in [1.82, 2.24) is 19.1 Å². The maximum Gasteiger partial charge on any atom is 0.351 e. The summed E-state index contributed by atoms with van der Waals surface area (Å²) in [7, 11) is 0. The average molecular weight is 459 g/mol. The Labute approximate surface area is 179 Å². The van der Waals surface area contributed by atoms with E-state index in [4.69, 9.17) is 31.2 Å². The van der Waals surface area contributed by atoms with Gasteiger partial charge >= 0.3 is 11.4 Å². The van der Waals surface area contributed by atoms with Crippen molar-refractivity contribution in [2.24, 2.45) is 0 Å². The molecule has 2 aliphatic rings. The molecule has 4 heterocycles. The summed E-state index contributed by atoms with van der Waals surface area (Å²) in [6.45, 7) is -0.114. The Balaban J connectivity index is 0.000000171. The van der Waals surface area contributed by atoms with Crippen LogP contribution in [0.25, 0.3) is 0 Å². The monoisotopic (exact) mass is 458 g/mol. The minimum Gasteiger partial charge on any atom is -0.393 e. The largest absolute Gasteiger partial charge is 0.393 e. The van der Waals surface area contributed by atoms with Crippen LogP contribution < -0.4 is 22.8 Å². The molecule has 164 valence electrons. The van der Waals surface area contributed by atoms with E-state index in [1.165, 1.54) is 32.7 Å². The molecule has 6 N–H and O–H groups in total. The van der Waals surface area contributed by atoms with Crippen molar-refractivity contribution in [2.45, 2.75) is 23.3 Å². The van der Waals surface area contributed by atoms with Crippen LogP contribution in [0, 0.1) is 0 Å². The number of hydrogen-bond donors (Lipinski definition) is 4. The summed E-state index contributed by atoms with van der Waals surface area (Å²) in [4.78, 5) is 30.1. The smallest absolute Gasteiger partial charge is 0.351 e. The van der Waals surface area contributed by atoms with Gasteiger partial charge in [-0.25, -0.2) is 9.59 Å². The molecule has 0 radical (unpaired) electrons. The summed E-state index contributed by atoms with van der Waals surface area (Å²) < 4.78 is 13.6. The third-order valence-electron chi connectivity index (χ3n) is 4.09. The molecule has 0 spiro atoms. The maximum atomic E-state index is 11.4. The number of aromatic nitrogens is 4. The first-order chi connectivity index (χ1) is 14.4. The second-order valence-corrected chi connectivity index (χ2v) is 8.54. The summed E-state index contributed by atoms with van der Waals surface area (Å²) in [6.07, 6.45) is 2.37. The molecule has 14 heteroatoms. The van der Waals surface area contributed by atoms with Gasteiger partial charge in [-0.1, -0.05) is 0 Å². The van der Waals surface area contributed by atoms with Crippen molar-refractivity contribution < 1.29 is 19.7 Å². The van der Waals surface area contributed by atoms with Gasteiger partial charge in [-0.05, 0) is 12.1 Å². The zero-order chi connectivity index (χ0) is 21.7. The molecule has 0 bridgehead atoms. The predicted molar refractivity (Wildman–Crippen MR) is 113 cm³/mol. The standard InChI is InChI=1S/2C8H11N3O3S/c2*9-5-1-2-11(8(13)10-5)6-4-15-7(3-12)14-6/h2*1-2,6-7,12H,3-4H2,(H2,9,10,13)/t2*6-,7?/m10/s1. The van der Waals surface area contributed by atoms with Gasteiger partial charge in [-0.3, -0.25) is 9.13 Å². The molecule has 2 aromatic heterocycles. The van der Waals surface area contributed by atoms with Crippen LogP contribution in [0.2, 0.25) is 0 Å². The van der Waals surface area contributed by atoms with E-state index in [0.29, 0.717) is 11.5 Å². The van der Waals surface area contributed by atoms with Gasteiger partial charge in [0.1, 0.15) is 35.0 Å². The molecule has 0 aliphatic carbocycles. The highest BCUT2D eigenvalue weighted by molar-refractivity contribution is 8.00. The zero-order valence-corrected chi connectivity index (χ0v) is 17.4. The number of nitrogens with two attached hydrogens (primary N) is 2. The van der Waals surface area contributed by atoms with Crippen LogP contribution in [0.5, 0.6) is 0 Å². The molecular weight excluding hydrogens is 436 g/mol. The molecule has 0 aromatic carbocycles. The summed E-state index contributed by atoms with van der Waals surface area (Å²) in [5.74, 6) is 1.63. The Kier molecular flexibility index (Phi) is 7.74. The molecule has 2 unspecified atom stereocenters. The van der Waals surface area contributed by atoms with Crippen LogP contribution in [0.15, 0.2) is 34.1 Å². The van der Waals surface area contributed by atoms with Crippen LogP contribution in [0.4, 0.5) is 11.6 Å². The quantitative estimate of drug-likeness (QED) is 0.431. The maximum absolute atomic E-state index is 11.4. The fourth-order valence-electron chi connectivity index (χ4n) is 2.66. The molecule has 2 aromatic rings. The second-order valence-electron chi connectivity index (χ2n) is 6.16. The first-order valence-corrected chi connectivity index (χ1v) is 11.0. The predicted octanol–water partition coefficient (Wildman–Crippen LogP) is -1.19. The first-order valence-electron chi connectivity index (χ1n) is 8.86. The van der Waals surface area contributed by atoms with E-state index >= 15 is 0 Å². The Morgan fingerprint density at radius 2 is 1.30 bits per heavy atom. The minimum atomic E-state index is -0.431. The molecule has 4 rings (SSSR count). The van der Waals surface area contributed by atoms with Gasteiger partial charge < -0.3 is 31.2 Å². The molecule has 0 saturated carbocycles. The Hall–Kier alpha value is -2.10. The molecule has 0 amide bonds. The van der Waals surface area contributed by atoms with Gasteiger partial charge in [0.05, 0.1) is 13.2 Å². The lowest BCUT2D eigenvalue weighted by Gasteiger charge is -2.13. The first kappa shape index (κ1) is 22.6. The fourth-order valence-corrected chi connectivity index (χ4v) is 4.52. The van der Waals surface area contributed by atoms with E-state index in [0.717, 1.165) is 0 Å². The van der Waals surface area contributed by atoms with Gasteiger partial charge in [0.2, 0.25) is 0 Å². The number of hydrogen-bond acceptors (Lipinski definition) is 12. The van der Waals surface area contributed by atoms with E-state index in [1.54, 1.807) is 24.5 Å². The summed E-state index contributed by atoms with van der Waals surface area (Å²) in [5, 5.41) is 17.8. The number of nitrogens with zero attached hydrogens (tertiary/aromatic N) is 4. The lowest BCUT2D eigenvalue weighted by molar-refractivity contribution is -0.00634. The number of rotatable bonds is 4. The number of aliphatic hydroxyl groups is 2. The average Bonchev–Trinajstić information content (AvgIpc) is 3.38. The summed E-state index contributed by atoms with van der Waals surface area (Å²) >= 11 is 2.93. The molecular formula is C16H22N6O6S2. The lowest BCUT2D eigenvalue weighted by Crippen LogP contribution is -2.28. The highest BCUT2D eigenvalue weighted by Crippen LogP contribution is 2.31. The SMILES string of the molecule is Nc1ccn([C@@H]2CSC(CO)O2)c(=O)n1.Nc1ccn([C@H]2CSC(CO)O2)c(=O)n1. The molecule has 2 aliphatic heterocycles. The minimum absolute atomic E-state index is 0.0572. The number of anilines is 2. The second kappa shape index (κ2) is 10.3. The highest BCUT2D eigenvalue weighted by atomic mass is 32.2. The molecule has 2 fully saturated rings. The molecule has 2 saturated heterocycles. The Bertz CT molecular complexity index is 894. The van der Waals surface area contributed by atoms with Crippen molar-refractivity contribution in [1.29, 1.82) is 0 Å². The fraction of sp³-hybridized carbons (Fsp3) is 0.500. The third-order valence-corrected chi connectivity index (χ3v) is 6.31. The normalized spacial score (nSPS) is 25.7. The van der Waals surface area contributed by atoms with Gasteiger partial charge in [0.25, 0.3) is 0 Å². The number of nitrogen functional groups attached to an aromatic ring is 2. The highest BCUT2D eigenvalue weighted by Gasteiger charge is 2.28. The van der Waals surface area contributed by atoms with Gasteiger partial charge in [-0.15, -0.1) is 23.5 Å². The molecule has 12 nitrogen and oxygen atoms in total. The van der Waals surface area contributed by atoms with Crippen LogP contribution >= 0.6 is 23.5 Å². The number of ether oxygens (including phenoxy) is 2. The number of aliphatic hydroxyl groups excluding tert-OH is 2. The van der Waals surface area contributed by atoms with Gasteiger partial charge in [0.15, 0.2) is 0 Å². The van der Waals surface area contributed by atoms with Crippen LogP contribution in [0.1, 0.15) is 12.5 Å². The summed E-state index contributed by atoms with van der Waals surface area (Å²) in [5.41, 5.74) is 9.35. The summed E-state index contributed by atoms with van der Waals surface area (Å²) in [6, 6.07) is 3.09. The van der Waals surface area contributed by atoms with Gasteiger partial charge in [0, 0.05) is 23.9 Å². The zero-order valence-electron chi connectivity index (χ0n) is 15.7. The van der Waals surface area contributed by atoms with Gasteiger partial charge in [-0.2, -0.15) is 9.97 Å². The van der Waals surface area contributed by atoms with E-state index < -0.39 is 11.4 Å². The van der Waals surface area contributed by atoms with E-state index in [1.807, 2.05) is 0 Å². The van der Waals surface area contributed by atoms with E-state index in [-0.39, 0.29) is 48.2 Å². The lowest BCUT2D eigenvalue weighted by atomic mass is 10.5. The van der Waals surface area contributed by atoms with E-state index in [2.05, 4.69) is 9.97 Å². The van der Waals surface area contributed by atoms with Crippen molar-refractivity contribution in [3.63, 3.8) is 0 Å². The number of thioether (sulfide) groups is 2. The van der Waals surface area contributed by atoms with Crippen molar-refractivity contribution in [2.75, 3.05) is 36.2 Å². The van der Waals surface area contributed by atoms with Crippen LogP contribution in [-0.2, 0) is 9.47 Å².